The summed E-state index contributed by atoms with van der Waals surface area (Å²) in [4.78, 5) is 12.0. The monoisotopic (exact) mass is 280 g/mol. The third kappa shape index (κ3) is 4.74. The number of carbonyl (C=O) groups is 1. The van der Waals surface area contributed by atoms with Gasteiger partial charge in [0.1, 0.15) is 11.5 Å². The quantitative estimate of drug-likeness (QED) is 0.755. The normalized spacial score (nSPS) is 11.8. The number of hydrogen-bond donors (Lipinski definition) is 2. The Kier molecular flexibility index (Phi) is 6.87. The summed E-state index contributed by atoms with van der Waals surface area (Å²) in [5.41, 5.74) is 0.770. The van der Waals surface area contributed by atoms with E-state index in [4.69, 9.17) is 9.47 Å². The molecule has 0 bridgehead atoms. The van der Waals surface area contributed by atoms with Gasteiger partial charge in [-0.05, 0) is 25.6 Å². The first-order chi connectivity index (χ1) is 9.62. The van der Waals surface area contributed by atoms with Crippen LogP contribution in [0.5, 0.6) is 11.5 Å². The SMILES string of the molecule is CCN[C@H](C)CNC(=O)Cc1c(OC)cccc1OC. The van der Waals surface area contributed by atoms with E-state index in [-0.39, 0.29) is 18.4 Å². The van der Waals surface area contributed by atoms with E-state index in [2.05, 4.69) is 10.6 Å². The van der Waals surface area contributed by atoms with Gasteiger partial charge >= 0.3 is 0 Å². The molecule has 5 nitrogen and oxygen atoms in total. The number of likely N-dealkylation sites (N-methyl/N-ethyl adjacent to an activating group) is 1. The van der Waals surface area contributed by atoms with Crippen LogP contribution in [0.25, 0.3) is 0 Å². The van der Waals surface area contributed by atoms with Crippen LogP contribution in [-0.2, 0) is 11.2 Å². The highest BCUT2D eigenvalue weighted by atomic mass is 16.5. The fraction of sp³-hybridized carbons (Fsp3) is 0.533. The molecule has 0 radical (unpaired) electrons. The third-order valence-electron chi connectivity index (χ3n) is 3.03. The molecule has 1 amide bonds. The molecule has 0 unspecified atom stereocenters. The smallest absolute Gasteiger partial charge is 0.224 e. The zero-order valence-electron chi connectivity index (χ0n) is 12.7. The van der Waals surface area contributed by atoms with E-state index < -0.39 is 0 Å². The maximum absolute atomic E-state index is 12.0. The molecular weight excluding hydrogens is 256 g/mol. The Balaban J connectivity index is 2.65. The van der Waals surface area contributed by atoms with Gasteiger partial charge in [-0.1, -0.05) is 13.0 Å². The zero-order valence-corrected chi connectivity index (χ0v) is 12.7. The van der Waals surface area contributed by atoms with Crippen LogP contribution in [0.15, 0.2) is 18.2 Å². The summed E-state index contributed by atoms with van der Waals surface area (Å²) in [5.74, 6) is 1.29. The van der Waals surface area contributed by atoms with Gasteiger partial charge < -0.3 is 20.1 Å². The largest absolute Gasteiger partial charge is 0.496 e. The molecule has 20 heavy (non-hydrogen) atoms. The molecule has 0 spiro atoms. The minimum atomic E-state index is -0.0439. The van der Waals surface area contributed by atoms with E-state index in [0.29, 0.717) is 18.0 Å². The van der Waals surface area contributed by atoms with Gasteiger partial charge in [-0.25, -0.2) is 0 Å². The number of ether oxygens (including phenoxy) is 2. The average molecular weight is 280 g/mol. The van der Waals surface area contributed by atoms with Crippen molar-refractivity contribution in [1.29, 1.82) is 0 Å². The zero-order chi connectivity index (χ0) is 15.0. The van der Waals surface area contributed by atoms with Crippen molar-refractivity contribution in [1.82, 2.24) is 10.6 Å². The van der Waals surface area contributed by atoms with Gasteiger partial charge in [-0.15, -0.1) is 0 Å². The fourth-order valence-corrected chi connectivity index (χ4v) is 2.01. The number of benzene rings is 1. The maximum Gasteiger partial charge on any atom is 0.224 e. The Morgan fingerprint density at radius 3 is 2.35 bits per heavy atom. The second-order valence-electron chi connectivity index (χ2n) is 4.58. The highest BCUT2D eigenvalue weighted by Crippen LogP contribution is 2.28. The van der Waals surface area contributed by atoms with Crippen molar-refractivity contribution in [3.63, 3.8) is 0 Å². The molecule has 1 aromatic carbocycles. The first-order valence-electron chi connectivity index (χ1n) is 6.82. The van der Waals surface area contributed by atoms with Gasteiger partial charge in [0.05, 0.1) is 20.6 Å². The lowest BCUT2D eigenvalue weighted by Gasteiger charge is -2.15. The lowest BCUT2D eigenvalue weighted by atomic mass is 10.1. The summed E-state index contributed by atoms with van der Waals surface area (Å²) < 4.78 is 10.6. The van der Waals surface area contributed by atoms with Gasteiger partial charge in [0.2, 0.25) is 5.91 Å². The van der Waals surface area contributed by atoms with Crippen LogP contribution in [0, 0.1) is 0 Å². The molecule has 5 heteroatoms. The second-order valence-corrected chi connectivity index (χ2v) is 4.58. The minimum absolute atomic E-state index is 0.0439. The summed E-state index contributed by atoms with van der Waals surface area (Å²) in [5, 5.41) is 6.15. The molecule has 0 saturated heterocycles. The van der Waals surface area contributed by atoms with Crippen molar-refractivity contribution in [3.05, 3.63) is 23.8 Å². The van der Waals surface area contributed by atoms with E-state index in [1.54, 1.807) is 14.2 Å². The van der Waals surface area contributed by atoms with E-state index in [1.807, 2.05) is 32.0 Å². The predicted octanol–water partition coefficient (Wildman–Crippen LogP) is 1.36. The number of methoxy groups -OCH3 is 2. The van der Waals surface area contributed by atoms with Crippen molar-refractivity contribution in [3.8, 4) is 11.5 Å². The summed E-state index contributed by atoms with van der Waals surface area (Å²) in [7, 11) is 3.17. The van der Waals surface area contributed by atoms with Gasteiger partial charge in [0, 0.05) is 18.2 Å². The summed E-state index contributed by atoms with van der Waals surface area (Å²) in [6.45, 7) is 5.56. The molecule has 0 aliphatic carbocycles. The first-order valence-corrected chi connectivity index (χ1v) is 6.82. The Bertz CT molecular complexity index is 413. The van der Waals surface area contributed by atoms with Gasteiger partial charge in [-0.2, -0.15) is 0 Å². The van der Waals surface area contributed by atoms with Gasteiger partial charge in [0.25, 0.3) is 0 Å². The lowest BCUT2D eigenvalue weighted by Crippen LogP contribution is -2.39. The van der Waals surface area contributed by atoms with Gasteiger partial charge in [0.15, 0.2) is 0 Å². The lowest BCUT2D eigenvalue weighted by molar-refractivity contribution is -0.120. The van der Waals surface area contributed by atoms with Crippen molar-refractivity contribution in [2.45, 2.75) is 26.3 Å². The van der Waals surface area contributed by atoms with Gasteiger partial charge in [-0.3, -0.25) is 4.79 Å². The number of carbonyl (C=O) groups excluding carboxylic acids is 1. The Morgan fingerprint density at radius 2 is 1.85 bits per heavy atom. The van der Waals surface area contributed by atoms with Crippen LogP contribution in [0.3, 0.4) is 0 Å². The third-order valence-corrected chi connectivity index (χ3v) is 3.03. The molecule has 0 saturated carbocycles. The predicted molar refractivity (Wildman–Crippen MR) is 79.4 cm³/mol. The number of amides is 1. The molecule has 0 aliphatic heterocycles. The number of nitrogens with one attached hydrogen (secondary N) is 2. The van der Waals surface area contributed by atoms with E-state index in [9.17, 15) is 4.79 Å². The maximum atomic E-state index is 12.0. The Labute approximate surface area is 120 Å². The molecule has 0 aromatic heterocycles. The van der Waals surface area contributed by atoms with E-state index >= 15 is 0 Å². The number of hydrogen-bond acceptors (Lipinski definition) is 4. The highest BCUT2D eigenvalue weighted by molar-refractivity contribution is 5.80. The van der Waals surface area contributed by atoms with Crippen LogP contribution in [0.2, 0.25) is 0 Å². The second kappa shape index (κ2) is 8.43. The van der Waals surface area contributed by atoms with Crippen molar-refractivity contribution >= 4 is 5.91 Å². The Hall–Kier alpha value is -1.75. The standard InChI is InChI=1S/C15H24N2O3/c1-5-16-11(2)10-17-15(18)9-12-13(19-3)7-6-8-14(12)20-4/h6-8,11,16H,5,9-10H2,1-4H3,(H,17,18)/t11-/m1/s1. The molecule has 0 fully saturated rings. The van der Waals surface area contributed by atoms with Crippen molar-refractivity contribution in [2.75, 3.05) is 27.3 Å². The first kappa shape index (κ1) is 16.3. The topological polar surface area (TPSA) is 59.6 Å². The molecule has 0 heterocycles. The van der Waals surface area contributed by atoms with Crippen molar-refractivity contribution in [2.24, 2.45) is 0 Å². The summed E-state index contributed by atoms with van der Waals surface area (Å²) in [6.07, 6.45) is 0.242. The summed E-state index contributed by atoms with van der Waals surface area (Å²) in [6, 6.07) is 5.74. The Morgan fingerprint density at radius 1 is 1.25 bits per heavy atom. The molecule has 112 valence electrons. The fourth-order valence-electron chi connectivity index (χ4n) is 2.01. The molecule has 2 N–H and O–H groups in total. The van der Waals surface area contributed by atoms with Crippen LogP contribution in [-0.4, -0.2) is 39.3 Å². The average Bonchev–Trinajstić information content (AvgIpc) is 2.45. The van der Waals surface area contributed by atoms with Crippen LogP contribution in [0.1, 0.15) is 19.4 Å². The van der Waals surface area contributed by atoms with Crippen molar-refractivity contribution < 1.29 is 14.3 Å². The van der Waals surface area contributed by atoms with Crippen LogP contribution in [0.4, 0.5) is 0 Å². The minimum Gasteiger partial charge on any atom is -0.496 e. The molecule has 0 aliphatic rings. The van der Waals surface area contributed by atoms with Crippen LogP contribution < -0.4 is 20.1 Å². The molecule has 1 rings (SSSR count). The molecule has 1 aromatic rings. The van der Waals surface area contributed by atoms with Crippen LogP contribution >= 0.6 is 0 Å². The number of rotatable bonds is 8. The molecule has 1 atom stereocenters. The van der Waals surface area contributed by atoms with E-state index in [1.165, 1.54) is 0 Å². The van der Waals surface area contributed by atoms with E-state index in [0.717, 1.165) is 12.1 Å². The molecular formula is C15H24N2O3. The highest BCUT2D eigenvalue weighted by Gasteiger charge is 2.14. The summed E-state index contributed by atoms with van der Waals surface area (Å²) >= 11 is 0.